The summed E-state index contributed by atoms with van der Waals surface area (Å²) in [6.45, 7) is 1.73. The third-order valence-electron chi connectivity index (χ3n) is 2.53. The minimum atomic E-state index is -0.413. The maximum Gasteiger partial charge on any atom is 0.271 e. The molecule has 0 amide bonds. The number of nitro groups is 1. The molecule has 0 aromatic heterocycles. The Morgan fingerprint density at radius 3 is 2.81 bits per heavy atom. The fourth-order valence-corrected chi connectivity index (χ4v) is 1.53. The summed E-state index contributed by atoms with van der Waals surface area (Å²) in [6.07, 6.45) is 0. The van der Waals surface area contributed by atoms with Gasteiger partial charge in [0.2, 0.25) is 0 Å². The molecule has 2 rings (SSSR count). The van der Waals surface area contributed by atoms with E-state index in [4.69, 9.17) is 4.74 Å². The average molecular weight is 223 g/mol. The summed E-state index contributed by atoms with van der Waals surface area (Å²) >= 11 is 0. The summed E-state index contributed by atoms with van der Waals surface area (Å²) in [7, 11) is 1.55. The normalized spacial score (nSPS) is 15.3. The zero-order valence-electron chi connectivity index (χ0n) is 8.90. The van der Waals surface area contributed by atoms with Crippen LogP contribution >= 0.6 is 0 Å². The van der Waals surface area contributed by atoms with Gasteiger partial charge in [0.25, 0.3) is 5.69 Å². The molecule has 1 fully saturated rings. The number of anilines is 1. The highest BCUT2D eigenvalue weighted by Crippen LogP contribution is 2.29. The highest BCUT2D eigenvalue weighted by atomic mass is 16.6. The summed E-state index contributed by atoms with van der Waals surface area (Å²) in [5, 5.41) is 17.0. The van der Waals surface area contributed by atoms with Gasteiger partial charge in [-0.3, -0.25) is 10.1 Å². The van der Waals surface area contributed by atoms with Crippen LogP contribution in [0.5, 0.6) is 5.75 Å². The van der Waals surface area contributed by atoms with E-state index in [-0.39, 0.29) is 5.69 Å². The minimum absolute atomic E-state index is 0.0654. The predicted molar refractivity (Wildman–Crippen MR) is 59.9 cm³/mol. The summed E-state index contributed by atoms with van der Waals surface area (Å²) in [5.74, 6) is 0.623. The molecule has 1 aromatic carbocycles. The lowest BCUT2D eigenvalue weighted by atomic mass is 10.1. The van der Waals surface area contributed by atoms with Gasteiger partial charge in [-0.05, 0) is 6.07 Å². The van der Waals surface area contributed by atoms with E-state index in [2.05, 4.69) is 10.6 Å². The molecule has 0 saturated carbocycles. The standard InChI is InChI=1S/C10H13N3O3/c1-16-10-3-2-8(13(14)15)4-9(10)12-7-5-11-6-7/h2-4,7,11-12H,5-6H2,1H3. The van der Waals surface area contributed by atoms with Crippen LogP contribution in [0.25, 0.3) is 0 Å². The Kier molecular flexibility index (Phi) is 2.91. The molecule has 86 valence electrons. The lowest BCUT2D eigenvalue weighted by molar-refractivity contribution is -0.384. The number of nitro benzene ring substituents is 1. The van der Waals surface area contributed by atoms with Crippen molar-refractivity contribution in [1.82, 2.24) is 5.32 Å². The molecule has 0 bridgehead atoms. The van der Waals surface area contributed by atoms with Gasteiger partial charge in [0.05, 0.1) is 23.8 Å². The van der Waals surface area contributed by atoms with Gasteiger partial charge < -0.3 is 15.4 Å². The Labute approximate surface area is 92.8 Å². The van der Waals surface area contributed by atoms with Crippen LogP contribution in [0.3, 0.4) is 0 Å². The first-order chi connectivity index (χ1) is 7.70. The molecule has 0 unspecified atom stereocenters. The summed E-state index contributed by atoms with van der Waals surface area (Å²) in [5.41, 5.74) is 0.735. The molecule has 1 heterocycles. The molecule has 1 aliphatic rings. The third-order valence-corrected chi connectivity index (χ3v) is 2.53. The van der Waals surface area contributed by atoms with Crippen LogP contribution < -0.4 is 15.4 Å². The second kappa shape index (κ2) is 4.36. The molecular formula is C10H13N3O3. The molecular weight excluding hydrogens is 210 g/mol. The topological polar surface area (TPSA) is 76.4 Å². The lowest BCUT2D eigenvalue weighted by Crippen LogP contribution is -2.51. The van der Waals surface area contributed by atoms with E-state index in [9.17, 15) is 10.1 Å². The summed E-state index contributed by atoms with van der Waals surface area (Å²) in [6, 6.07) is 4.85. The minimum Gasteiger partial charge on any atom is -0.495 e. The van der Waals surface area contributed by atoms with Crippen LogP contribution in [-0.2, 0) is 0 Å². The molecule has 1 aromatic rings. The molecule has 0 radical (unpaired) electrons. The van der Waals surface area contributed by atoms with Crippen molar-refractivity contribution in [3.05, 3.63) is 28.3 Å². The van der Waals surface area contributed by atoms with Crippen molar-refractivity contribution in [2.45, 2.75) is 6.04 Å². The number of hydrogen-bond donors (Lipinski definition) is 2. The van der Waals surface area contributed by atoms with E-state index < -0.39 is 4.92 Å². The molecule has 0 spiro atoms. The molecule has 0 atom stereocenters. The Bertz CT molecular complexity index is 404. The highest BCUT2D eigenvalue weighted by Gasteiger charge is 2.19. The van der Waals surface area contributed by atoms with E-state index in [1.54, 1.807) is 13.2 Å². The number of hydrogen-bond acceptors (Lipinski definition) is 5. The van der Waals surface area contributed by atoms with Crippen LogP contribution in [0.4, 0.5) is 11.4 Å². The van der Waals surface area contributed by atoms with Gasteiger partial charge in [-0.1, -0.05) is 0 Å². The molecule has 1 aliphatic heterocycles. The molecule has 6 heteroatoms. The van der Waals surface area contributed by atoms with Gasteiger partial charge in [0, 0.05) is 25.2 Å². The smallest absolute Gasteiger partial charge is 0.271 e. The second-order valence-corrected chi connectivity index (χ2v) is 3.64. The van der Waals surface area contributed by atoms with Crippen molar-refractivity contribution in [3.8, 4) is 5.75 Å². The Hall–Kier alpha value is -1.82. The maximum atomic E-state index is 10.6. The monoisotopic (exact) mass is 223 g/mol. The van der Waals surface area contributed by atoms with E-state index in [1.165, 1.54) is 12.1 Å². The van der Waals surface area contributed by atoms with E-state index >= 15 is 0 Å². The number of nitrogens with one attached hydrogen (secondary N) is 2. The first-order valence-corrected chi connectivity index (χ1v) is 5.00. The number of ether oxygens (including phenoxy) is 1. The summed E-state index contributed by atoms with van der Waals surface area (Å²) < 4.78 is 5.14. The van der Waals surface area contributed by atoms with Crippen LogP contribution in [0, 0.1) is 10.1 Å². The third kappa shape index (κ3) is 2.06. The quantitative estimate of drug-likeness (QED) is 0.588. The van der Waals surface area contributed by atoms with Crippen molar-refractivity contribution in [3.63, 3.8) is 0 Å². The predicted octanol–water partition coefficient (Wildman–Crippen LogP) is 0.987. The first kappa shape index (κ1) is 10.7. The fraction of sp³-hybridized carbons (Fsp3) is 0.400. The SMILES string of the molecule is COc1ccc([N+](=O)[O-])cc1NC1CNC1. The Morgan fingerprint density at radius 1 is 1.56 bits per heavy atom. The van der Waals surface area contributed by atoms with Gasteiger partial charge in [0.15, 0.2) is 0 Å². The molecule has 16 heavy (non-hydrogen) atoms. The summed E-state index contributed by atoms with van der Waals surface area (Å²) in [4.78, 5) is 10.2. The first-order valence-electron chi connectivity index (χ1n) is 5.00. The maximum absolute atomic E-state index is 10.6. The van der Waals surface area contributed by atoms with Crippen molar-refractivity contribution in [1.29, 1.82) is 0 Å². The van der Waals surface area contributed by atoms with Crippen molar-refractivity contribution in [2.75, 3.05) is 25.5 Å². The molecule has 0 aliphatic carbocycles. The largest absolute Gasteiger partial charge is 0.495 e. The van der Waals surface area contributed by atoms with Crippen LogP contribution in [0.2, 0.25) is 0 Å². The van der Waals surface area contributed by atoms with Gasteiger partial charge in [-0.25, -0.2) is 0 Å². The van der Waals surface area contributed by atoms with Crippen LogP contribution in [0.15, 0.2) is 18.2 Å². The number of nitrogens with zero attached hydrogens (tertiary/aromatic N) is 1. The van der Waals surface area contributed by atoms with Crippen LogP contribution in [0.1, 0.15) is 0 Å². The van der Waals surface area contributed by atoms with Crippen LogP contribution in [-0.4, -0.2) is 31.2 Å². The average Bonchev–Trinajstić information content (AvgIpc) is 2.23. The fourth-order valence-electron chi connectivity index (χ4n) is 1.53. The highest BCUT2D eigenvalue weighted by molar-refractivity contribution is 5.62. The van der Waals surface area contributed by atoms with Gasteiger partial charge in [-0.2, -0.15) is 0 Å². The molecule has 6 nitrogen and oxygen atoms in total. The number of benzene rings is 1. The van der Waals surface area contributed by atoms with Crippen molar-refractivity contribution in [2.24, 2.45) is 0 Å². The Morgan fingerprint density at radius 2 is 2.31 bits per heavy atom. The molecule has 2 N–H and O–H groups in total. The van der Waals surface area contributed by atoms with Gasteiger partial charge in [-0.15, -0.1) is 0 Å². The zero-order valence-corrected chi connectivity index (χ0v) is 8.90. The molecule has 1 saturated heterocycles. The van der Waals surface area contributed by atoms with Gasteiger partial charge >= 0.3 is 0 Å². The Balaban J connectivity index is 2.23. The van der Waals surface area contributed by atoms with E-state index in [0.717, 1.165) is 13.1 Å². The lowest BCUT2D eigenvalue weighted by Gasteiger charge is -2.29. The number of methoxy groups -OCH3 is 1. The van der Waals surface area contributed by atoms with Crippen molar-refractivity contribution >= 4 is 11.4 Å². The number of rotatable bonds is 4. The van der Waals surface area contributed by atoms with E-state index in [1.807, 2.05) is 0 Å². The second-order valence-electron chi connectivity index (χ2n) is 3.64. The van der Waals surface area contributed by atoms with Crippen molar-refractivity contribution < 1.29 is 9.66 Å². The van der Waals surface area contributed by atoms with E-state index in [0.29, 0.717) is 17.5 Å². The zero-order chi connectivity index (χ0) is 11.5. The van der Waals surface area contributed by atoms with Gasteiger partial charge in [0.1, 0.15) is 5.75 Å². The number of non-ortho nitro benzene ring substituents is 1.